The Balaban J connectivity index is 1.16. The molecule has 1 aromatic heterocycles. The summed E-state index contributed by atoms with van der Waals surface area (Å²) in [7, 11) is 0. The Morgan fingerprint density at radius 1 is 1.00 bits per heavy atom. The number of piperidine rings is 1. The summed E-state index contributed by atoms with van der Waals surface area (Å²) in [6, 6.07) is 20.0. The summed E-state index contributed by atoms with van der Waals surface area (Å²) in [5.41, 5.74) is 3.50. The van der Waals surface area contributed by atoms with Crippen molar-refractivity contribution in [2.45, 2.75) is 38.6 Å². The van der Waals surface area contributed by atoms with E-state index in [1.807, 2.05) is 58.0 Å². The molecular weight excluding hydrogens is 416 g/mol. The van der Waals surface area contributed by atoms with Gasteiger partial charge in [0.05, 0.1) is 25.2 Å². The molecule has 1 saturated heterocycles. The zero-order valence-electron chi connectivity index (χ0n) is 18.5. The van der Waals surface area contributed by atoms with E-state index >= 15 is 0 Å². The van der Waals surface area contributed by atoms with Gasteiger partial charge in [-0.3, -0.25) is 9.59 Å². The summed E-state index contributed by atoms with van der Waals surface area (Å²) in [5, 5.41) is 3.02. The highest BCUT2D eigenvalue weighted by Crippen LogP contribution is 2.28. The Morgan fingerprint density at radius 3 is 2.42 bits per heavy atom. The largest absolute Gasteiger partial charge is 0.365 e. The van der Waals surface area contributed by atoms with Gasteiger partial charge in [-0.1, -0.05) is 60.7 Å². The number of hydrogen-bond donors (Lipinski definition) is 1. The van der Waals surface area contributed by atoms with Gasteiger partial charge >= 0.3 is 0 Å². The Kier molecular flexibility index (Phi) is 6.21. The number of amides is 2. The Bertz CT molecular complexity index is 1110. The van der Waals surface area contributed by atoms with E-state index in [0.29, 0.717) is 51.3 Å². The number of carbonyl (C=O) groups is 2. The van der Waals surface area contributed by atoms with E-state index in [9.17, 15) is 9.59 Å². The molecule has 0 saturated carbocycles. The van der Waals surface area contributed by atoms with Crippen LogP contribution in [0, 0.1) is 5.92 Å². The molecule has 33 heavy (non-hydrogen) atoms. The number of imidazole rings is 1. The molecule has 2 aliphatic heterocycles. The molecule has 0 spiro atoms. The van der Waals surface area contributed by atoms with Crippen molar-refractivity contribution in [2.24, 2.45) is 5.92 Å². The number of ether oxygens (including phenoxy) is 1. The number of hydrogen-bond acceptors (Lipinski definition) is 4. The van der Waals surface area contributed by atoms with Crippen molar-refractivity contribution >= 4 is 11.8 Å². The number of rotatable bonds is 5. The highest BCUT2D eigenvalue weighted by atomic mass is 16.5. The molecule has 1 atom stereocenters. The first-order chi connectivity index (χ1) is 16.2. The zero-order chi connectivity index (χ0) is 22.6. The monoisotopic (exact) mass is 444 g/mol. The predicted octanol–water partition coefficient (Wildman–Crippen LogP) is 3.32. The molecule has 1 fully saturated rings. The van der Waals surface area contributed by atoms with Gasteiger partial charge in [-0.2, -0.15) is 0 Å². The van der Waals surface area contributed by atoms with Crippen molar-refractivity contribution in [1.82, 2.24) is 19.8 Å². The van der Waals surface area contributed by atoms with Gasteiger partial charge in [0, 0.05) is 25.6 Å². The lowest BCUT2D eigenvalue weighted by molar-refractivity contribution is -0.126. The molecule has 7 heteroatoms. The van der Waals surface area contributed by atoms with Gasteiger partial charge in [0.25, 0.3) is 5.91 Å². The van der Waals surface area contributed by atoms with E-state index in [1.54, 1.807) is 6.33 Å². The fourth-order valence-electron chi connectivity index (χ4n) is 4.60. The first-order valence-electron chi connectivity index (χ1n) is 11.5. The molecule has 0 bridgehead atoms. The van der Waals surface area contributed by atoms with Crippen molar-refractivity contribution in [1.29, 1.82) is 0 Å². The van der Waals surface area contributed by atoms with Crippen LogP contribution in [-0.2, 0) is 29.2 Å². The molecule has 0 unspecified atom stereocenters. The lowest BCUT2D eigenvalue weighted by atomic mass is 9.95. The summed E-state index contributed by atoms with van der Waals surface area (Å²) < 4.78 is 8.08. The van der Waals surface area contributed by atoms with Crippen LogP contribution in [0.15, 0.2) is 67.0 Å². The number of nitrogens with one attached hydrogen (secondary N) is 1. The standard InChI is InChI=1S/C26H28N4O3/c31-25(27-15-19-7-3-1-4-8-19)21-11-13-29(14-12-21)26(32)24-22-17-33-23(16-30(22)18-28-24)20-9-5-2-6-10-20/h1-10,18,21,23H,11-17H2,(H,27,31)/t23-/m1/s1. The molecule has 5 rings (SSSR count). The number of fused-ring (bicyclic) bond motifs is 1. The molecule has 3 aromatic rings. The van der Waals surface area contributed by atoms with Crippen LogP contribution in [0.5, 0.6) is 0 Å². The Hall–Kier alpha value is -3.45. The summed E-state index contributed by atoms with van der Waals surface area (Å²) in [6.07, 6.45) is 3.02. The maximum absolute atomic E-state index is 13.2. The quantitative estimate of drug-likeness (QED) is 0.655. The minimum atomic E-state index is -0.0753. The third-order valence-electron chi connectivity index (χ3n) is 6.57. The molecular formula is C26H28N4O3. The van der Waals surface area contributed by atoms with Gasteiger partial charge in [-0.05, 0) is 24.0 Å². The summed E-state index contributed by atoms with van der Waals surface area (Å²) in [6.45, 7) is 2.65. The van der Waals surface area contributed by atoms with E-state index in [-0.39, 0.29) is 23.8 Å². The van der Waals surface area contributed by atoms with E-state index < -0.39 is 0 Å². The third-order valence-corrected chi connectivity index (χ3v) is 6.57. The minimum Gasteiger partial charge on any atom is -0.365 e. The lowest BCUT2D eigenvalue weighted by Gasteiger charge is -2.31. The van der Waals surface area contributed by atoms with Crippen molar-refractivity contribution in [3.8, 4) is 0 Å². The molecule has 2 aliphatic rings. The molecule has 0 aliphatic carbocycles. The van der Waals surface area contributed by atoms with Gasteiger partial charge < -0.3 is 19.5 Å². The van der Waals surface area contributed by atoms with E-state index in [4.69, 9.17) is 4.74 Å². The van der Waals surface area contributed by atoms with Crippen molar-refractivity contribution < 1.29 is 14.3 Å². The van der Waals surface area contributed by atoms with Crippen LogP contribution in [0.1, 0.15) is 46.3 Å². The molecule has 170 valence electrons. The van der Waals surface area contributed by atoms with Crippen LogP contribution in [0.3, 0.4) is 0 Å². The maximum atomic E-state index is 13.2. The van der Waals surface area contributed by atoms with Crippen LogP contribution < -0.4 is 5.32 Å². The molecule has 3 heterocycles. The van der Waals surface area contributed by atoms with Gasteiger partial charge in [0.1, 0.15) is 6.10 Å². The SMILES string of the molecule is O=C(NCc1ccccc1)C1CCN(C(=O)c2ncn3c2CO[C@@H](c2ccccc2)C3)CC1. The fraction of sp³-hybridized carbons (Fsp3) is 0.346. The number of carbonyl (C=O) groups excluding carboxylic acids is 2. The first kappa shape index (κ1) is 21.4. The van der Waals surface area contributed by atoms with Gasteiger partial charge in [0.2, 0.25) is 5.91 Å². The fourth-order valence-corrected chi connectivity index (χ4v) is 4.60. The Labute approximate surface area is 193 Å². The second kappa shape index (κ2) is 9.58. The Morgan fingerprint density at radius 2 is 1.70 bits per heavy atom. The van der Waals surface area contributed by atoms with Crippen LogP contribution >= 0.6 is 0 Å². The minimum absolute atomic E-state index is 0.0407. The van der Waals surface area contributed by atoms with E-state index in [2.05, 4.69) is 22.4 Å². The number of likely N-dealkylation sites (tertiary alicyclic amines) is 1. The molecule has 2 aromatic carbocycles. The van der Waals surface area contributed by atoms with E-state index in [0.717, 1.165) is 16.8 Å². The third kappa shape index (κ3) is 4.68. The van der Waals surface area contributed by atoms with Crippen LogP contribution in [-0.4, -0.2) is 39.4 Å². The van der Waals surface area contributed by atoms with Gasteiger partial charge in [0.15, 0.2) is 5.69 Å². The van der Waals surface area contributed by atoms with Gasteiger partial charge in [-0.25, -0.2) is 4.98 Å². The van der Waals surface area contributed by atoms with Gasteiger partial charge in [-0.15, -0.1) is 0 Å². The van der Waals surface area contributed by atoms with Crippen LogP contribution in [0.4, 0.5) is 0 Å². The molecule has 0 radical (unpaired) electrons. The summed E-state index contributed by atoms with van der Waals surface area (Å²) in [4.78, 5) is 32.0. The summed E-state index contributed by atoms with van der Waals surface area (Å²) in [5.74, 6) is -0.0806. The number of aromatic nitrogens is 2. The second-order valence-corrected chi connectivity index (χ2v) is 8.67. The highest BCUT2D eigenvalue weighted by molar-refractivity contribution is 5.93. The average Bonchev–Trinajstić information content (AvgIpc) is 3.31. The lowest BCUT2D eigenvalue weighted by Crippen LogP contribution is -2.43. The molecule has 7 nitrogen and oxygen atoms in total. The zero-order valence-corrected chi connectivity index (χ0v) is 18.5. The highest BCUT2D eigenvalue weighted by Gasteiger charge is 2.32. The normalized spacial score (nSPS) is 18.5. The smallest absolute Gasteiger partial charge is 0.274 e. The summed E-state index contributed by atoms with van der Waals surface area (Å²) >= 11 is 0. The van der Waals surface area contributed by atoms with Crippen molar-refractivity contribution in [3.63, 3.8) is 0 Å². The first-order valence-corrected chi connectivity index (χ1v) is 11.5. The topological polar surface area (TPSA) is 76.5 Å². The van der Waals surface area contributed by atoms with Crippen molar-refractivity contribution in [2.75, 3.05) is 13.1 Å². The van der Waals surface area contributed by atoms with Crippen LogP contribution in [0.25, 0.3) is 0 Å². The predicted molar refractivity (Wildman–Crippen MR) is 123 cm³/mol. The van der Waals surface area contributed by atoms with Crippen LogP contribution in [0.2, 0.25) is 0 Å². The second-order valence-electron chi connectivity index (χ2n) is 8.67. The molecule has 2 amide bonds. The maximum Gasteiger partial charge on any atom is 0.274 e. The van der Waals surface area contributed by atoms with Crippen molar-refractivity contribution in [3.05, 3.63) is 89.5 Å². The average molecular weight is 445 g/mol. The molecule has 1 N–H and O–H groups in total. The number of nitrogens with zero attached hydrogens (tertiary/aromatic N) is 3. The number of benzene rings is 2. The van der Waals surface area contributed by atoms with E-state index in [1.165, 1.54) is 0 Å².